The molecule has 1 aromatic heterocycles. The fourth-order valence-corrected chi connectivity index (χ4v) is 2.25. The molecule has 0 unspecified atom stereocenters. The van der Waals surface area contributed by atoms with Gasteiger partial charge in [0.25, 0.3) is 0 Å². The minimum absolute atomic E-state index is 0.645. The van der Waals surface area contributed by atoms with E-state index in [9.17, 15) is 0 Å². The average Bonchev–Trinajstić information content (AvgIpc) is 2.53. The first kappa shape index (κ1) is 13.2. The Morgan fingerprint density at radius 2 is 1.57 bits per heavy atom. The predicted molar refractivity (Wildman–Crippen MR) is 82.5 cm³/mol. The molecule has 0 fully saturated rings. The summed E-state index contributed by atoms with van der Waals surface area (Å²) in [6, 6.07) is 11.3. The van der Waals surface area contributed by atoms with Gasteiger partial charge in [0.05, 0.1) is 25.4 Å². The highest BCUT2D eigenvalue weighted by atomic mass is 16.5. The van der Waals surface area contributed by atoms with Crippen molar-refractivity contribution in [3.8, 4) is 22.8 Å². The molecule has 2 aromatic carbocycles. The lowest BCUT2D eigenvalue weighted by molar-refractivity contribution is 0.356. The van der Waals surface area contributed by atoms with Crippen molar-refractivity contribution in [2.45, 2.75) is 0 Å². The van der Waals surface area contributed by atoms with Crippen LogP contribution in [0.15, 0.2) is 42.7 Å². The summed E-state index contributed by atoms with van der Waals surface area (Å²) in [5.74, 6) is 1.29. The number of nitrogens with zero attached hydrogens (tertiary/aromatic N) is 2. The molecule has 0 radical (unpaired) electrons. The van der Waals surface area contributed by atoms with E-state index in [2.05, 4.69) is 9.97 Å². The van der Waals surface area contributed by atoms with Crippen LogP contribution in [0, 0.1) is 0 Å². The lowest BCUT2D eigenvalue weighted by atomic mass is 10.1. The minimum Gasteiger partial charge on any atom is -0.493 e. The zero-order valence-corrected chi connectivity index (χ0v) is 11.8. The Bertz CT molecular complexity index is 785. The monoisotopic (exact) mass is 281 g/mol. The van der Waals surface area contributed by atoms with Crippen LogP contribution in [0.25, 0.3) is 22.2 Å². The molecule has 5 nitrogen and oxygen atoms in total. The van der Waals surface area contributed by atoms with Gasteiger partial charge in [-0.3, -0.25) is 0 Å². The van der Waals surface area contributed by atoms with E-state index in [1.165, 1.54) is 0 Å². The van der Waals surface area contributed by atoms with Gasteiger partial charge >= 0.3 is 0 Å². The second-order valence-electron chi connectivity index (χ2n) is 4.57. The Balaban J connectivity index is 2.26. The molecule has 0 saturated heterocycles. The molecule has 0 aliphatic carbocycles. The number of nitrogens with two attached hydrogens (primary N) is 1. The van der Waals surface area contributed by atoms with Gasteiger partial charge in [-0.1, -0.05) is 12.1 Å². The number of ether oxygens (including phenoxy) is 2. The summed E-state index contributed by atoms with van der Waals surface area (Å²) in [5, 5.41) is 0.903. The summed E-state index contributed by atoms with van der Waals surface area (Å²) in [7, 11) is 3.21. The highest BCUT2D eigenvalue weighted by Crippen LogP contribution is 2.35. The van der Waals surface area contributed by atoms with Crippen molar-refractivity contribution in [2.75, 3.05) is 20.0 Å². The van der Waals surface area contributed by atoms with Crippen molar-refractivity contribution in [2.24, 2.45) is 0 Å². The van der Waals surface area contributed by atoms with Crippen molar-refractivity contribution in [3.05, 3.63) is 42.7 Å². The van der Waals surface area contributed by atoms with E-state index in [1.54, 1.807) is 20.5 Å². The Morgan fingerprint density at radius 1 is 0.905 bits per heavy atom. The number of fused-ring (bicyclic) bond motifs is 1. The third kappa shape index (κ3) is 2.33. The van der Waals surface area contributed by atoms with Crippen LogP contribution in [-0.4, -0.2) is 24.2 Å². The Labute approximate surface area is 122 Å². The second kappa shape index (κ2) is 5.28. The van der Waals surface area contributed by atoms with Gasteiger partial charge in [0.15, 0.2) is 11.5 Å². The number of hydrogen-bond acceptors (Lipinski definition) is 5. The molecule has 1 heterocycles. The molecule has 0 aliphatic rings. The number of methoxy groups -OCH3 is 2. The van der Waals surface area contributed by atoms with Crippen molar-refractivity contribution < 1.29 is 9.47 Å². The summed E-state index contributed by atoms with van der Waals surface area (Å²) in [4.78, 5) is 8.69. The van der Waals surface area contributed by atoms with Gasteiger partial charge in [-0.2, -0.15) is 0 Å². The maximum Gasteiger partial charge on any atom is 0.162 e. The number of rotatable bonds is 3. The molecule has 0 aliphatic heterocycles. The maximum atomic E-state index is 5.73. The van der Waals surface area contributed by atoms with Crippen LogP contribution in [0.4, 0.5) is 5.69 Å². The van der Waals surface area contributed by atoms with E-state index in [1.807, 2.05) is 36.4 Å². The van der Waals surface area contributed by atoms with Gasteiger partial charge in [0.1, 0.15) is 6.33 Å². The minimum atomic E-state index is 0.645. The third-order valence-corrected chi connectivity index (χ3v) is 3.32. The molecule has 0 bridgehead atoms. The molecule has 3 aromatic rings. The number of aromatic nitrogens is 2. The van der Waals surface area contributed by atoms with E-state index in [0.29, 0.717) is 11.5 Å². The van der Waals surface area contributed by atoms with Crippen molar-refractivity contribution in [1.29, 1.82) is 0 Å². The van der Waals surface area contributed by atoms with Gasteiger partial charge in [0.2, 0.25) is 0 Å². The lowest BCUT2D eigenvalue weighted by Crippen LogP contribution is -1.94. The molecule has 0 amide bonds. The SMILES string of the molecule is COc1cc2ncnc(-c3ccc(N)cc3)c2cc1OC. The first-order valence-electron chi connectivity index (χ1n) is 6.45. The molecule has 106 valence electrons. The number of hydrogen-bond donors (Lipinski definition) is 1. The molecule has 0 spiro atoms. The van der Waals surface area contributed by atoms with Gasteiger partial charge in [0, 0.05) is 22.7 Å². The zero-order chi connectivity index (χ0) is 14.8. The largest absolute Gasteiger partial charge is 0.493 e. The highest BCUT2D eigenvalue weighted by Gasteiger charge is 2.11. The normalized spacial score (nSPS) is 10.6. The van der Waals surface area contributed by atoms with Gasteiger partial charge < -0.3 is 15.2 Å². The van der Waals surface area contributed by atoms with E-state index in [4.69, 9.17) is 15.2 Å². The summed E-state index contributed by atoms with van der Waals surface area (Å²) >= 11 is 0. The van der Waals surface area contributed by atoms with Crippen LogP contribution in [0.3, 0.4) is 0 Å². The standard InChI is InChI=1S/C16H15N3O2/c1-20-14-7-12-13(8-15(14)21-2)18-9-19-16(12)10-3-5-11(17)6-4-10/h3-9H,17H2,1-2H3. The fraction of sp³-hybridized carbons (Fsp3) is 0.125. The van der Waals surface area contributed by atoms with Crippen LogP contribution >= 0.6 is 0 Å². The van der Waals surface area contributed by atoms with Crippen LogP contribution in [-0.2, 0) is 0 Å². The molecule has 21 heavy (non-hydrogen) atoms. The lowest BCUT2D eigenvalue weighted by Gasteiger charge is -2.11. The van der Waals surface area contributed by atoms with Gasteiger partial charge in [-0.25, -0.2) is 9.97 Å². The molecule has 5 heteroatoms. The van der Waals surface area contributed by atoms with Crippen LogP contribution in [0.5, 0.6) is 11.5 Å². The Morgan fingerprint density at radius 3 is 2.24 bits per heavy atom. The van der Waals surface area contributed by atoms with Crippen molar-refractivity contribution in [1.82, 2.24) is 9.97 Å². The van der Waals surface area contributed by atoms with Crippen molar-refractivity contribution in [3.63, 3.8) is 0 Å². The summed E-state index contributed by atoms with van der Waals surface area (Å²) in [5.41, 5.74) is 9.06. The first-order valence-corrected chi connectivity index (χ1v) is 6.45. The summed E-state index contributed by atoms with van der Waals surface area (Å²) in [6.07, 6.45) is 1.54. The van der Waals surface area contributed by atoms with E-state index >= 15 is 0 Å². The molecule has 2 N–H and O–H groups in total. The highest BCUT2D eigenvalue weighted by molar-refractivity contribution is 5.94. The average molecular weight is 281 g/mol. The van der Waals surface area contributed by atoms with Crippen LogP contribution < -0.4 is 15.2 Å². The van der Waals surface area contributed by atoms with E-state index in [-0.39, 0.29) is 0 Å². The molecule has 3 rings (SSSR count). The maximum absolute atomic E-state index is 5.73. The zero-order valence-electron chi connectivity index (χ0n) is 11.8. The smallest absolute Gasteiger partial charge is 0.162 e. The summed E-state index contributed by atoms with van der Waals surface area (Å²) in [6.45, 7) is 0. The number of nitrogen functional groups attached to an aromatic ring is 1. The second-order valence-corrected chi connectivity index (χ2v) is 4.57. The quantitative estimate of drug-likeness (QED) is 0.747. The fourth-order valence-electron chi connectivity index (χ4n) is 2.25. The van der Waals surface area contributed by atoms with Gasteiger partial charge in [-0.05, 0) is 18.2 Å². The Kier molecular flexibility index (Phi) is 3.31. The number of benzene rings is 2. The molecular formula is C16H15N3O2. The van der Waals surface area contributed by atoms with Crippen molar-refractivity contribution >= 4 is 16.6 Å². The predicted octanol–water partition coefficient (Wildman–Crippen LogP) is 2.90. The topological polar surface area (TPSA) is 70.3 Å². The van der Waals surface area contributed by atoms with Gasteiger partial charge in [-0.15, -0.1) is 0 Å². The molecule has 0 atom stereocenters. The number of anilines is 1. The Hall–Kier alpha value is -2.82. The first-order chi connectivity index (χ1) is 10.2. The van der Waals surface area contributed by atoms with E-state index < -0.39 is 0 Å². The summed E-state index contributed by atoms with van der Waals surface area (Å²) < 4.78 is 10.7. The molecule has 0 saturated carbocycles. The van der Waals surface area contributed by atoms with E-state index in [0.717, 1.165) is 27.8 Å². The molecular weight excluding hydrogens is 266 g/mol. The van der Waals surface area contributed by atoms with Crippen LogP contribution in [0.2, 0.25) is 0 Å². The third-order valence-electron chi connectivity index (χ3n) is 3.32. The van der Waals surface area contributed by atoms with Crippen LogP contribution in [0.1, 0.15) is 0 Å².